The van der Waals surface area contributed by atoms with E-state index in [1.165, 1.54) is 30.3 Å². The van der Waals surface area contributed by atoms with E-state index in [2.05, 4.69) is 10.0 Å². The van der Waals surface area contributed by atoms with Crippen molar-refractivity contribution in [2.75, 3.05) is 18.5 Å². The number of halogens is 1. The molecule has 2 N–H and O–H groups in total. The first-order valence-corrected chi connectivity index (χ1v) is 9.43. The Hall–Kier alpha value is -2.78. The van der Waals surface area contributed by atoms with E-state index in [4.69, 9.17) is 4.74 Å². The lowest BCUT2D eigenvalue weighted by atomic mass is 10.2. The Kier molecular flexibility index (Phi) is 6.65. The number of benzene rings is 2. The summed E-state index contributed by atoms with van der Waals surface area (Å²) in [6, 6.07) is 10.00. The molecule has 7 nitrogen and oxygen atoms in total. The smallest absolute Gasteiger partial charge is 0.321 e. The summed E-state index contributed by atoms with van der Waals surface area (Å²) in [6.07, 6.45) is 0. The fraction of sp³-hybridized carbons (Fsp3) is 0.222. The summed E-state index contributed by atoms with van der Waals surface area (Å²) in [4.78, 5) is 23.5. The third-order valence-corrected chi connectivity index (χ3v) is 5.08. The minimum absolute atomic E-state index is 0.0735. The second-order valence-electron chi connectivity index (χ2n) is 5.81. The van der Waals surface area contributed by atoms with E-state index in [1.54, 1.807) is 26.0 Å². The second kappa shape index (κ2) is 8.74. The van der Waals surface area contributed by atoms with Crippen LogP contribution in [0.4, 0.5) is 10.1 Å². The summed E-state index contributed by atoms with van der Waals surface area (Å²) >= 11 is 0. The van der Waals surface area contributed by atoms with Gasteiger partial charge in [0.2, 0.25) is 10.0 Å². The normalized spacial score (nSPS) is 11.1. The molecule has 144 valence electrons. The van der Waals surface area contributed by atoms with Crippen molar-refractivity contribution in [3.63, 3.8) is 0 Å². The summed E-state index contributed by atoms with van der Waals surface area (Å²) in [5, 5.41) is 2.41. The molecule has 0 fully saturated rings. The standard InChI is InChI=1S/C18H19FN2O5S/c1-12-3-4-13(2)16(9-12)27(24,25)20-10-18(23)26-11-17(22)21-15-7-5-14(19)6-8-15/h3-9,20H,10-11H2,1-2H3,(H,21,22). The average molecular weight is 394 g/mol. The molecule has 0 bridgehead atoms. The fourth-order valence-corrected chi connectivity index (χ4v) is 3.45. The number of rotatable bonds is 7. The summed E-state index contributed by atoms with van der Waals surface area (Å²) in [5.41, 5.74) is 1.65. The summed E-state index contributed by atoms with van der Waals surface area (Å²) < 4.78 is 44.2. The van der Waals surface area contributed by atoms with Gasteiger partial charge in [-0.3, -0.25) is 9.59 Å². The first-order chi connectivity index (χ1) is 12.7. The topological polar surface area (TPSA) is 102 Å². The highest BCUT2D eigenvalue weighted by molar-refractivity contribution is 7.89. The van der Waals surface area contributed by atoms with Crippen LogP contribution in [-0.4, -0.2) is 33.4 Å². The third kappa shape index (κ3) is 6.15. The molecule has 0 heterocycles. The van der Waals surface area contributed by atoms with Crippen molar-refractivity contribution >= 4 is 27.6 Å². The van der Waals surface area contributed by atoms with Gasteiger partial charge in [-0.2, -0.15) is 4.72 Å². The molecule has 0 spiro atoms. The van der Waals surface area contributed by atoms with Gasteiger partial charge in [-0.15, -0.1) is 0 Å². The van der Waals surface area contributed by atoms with Crippen molar-refractivity contribution in [2.24, 2.45) is 0 Å². The Morgan fingerprint density at radius 2 is 1.74 bits per heavy atom. The number of anilines is 1. The van der Waals surface area contributed by atoms with E-state index in [9.17, 15) is 22.4 Å². The molecule has 0 aliphatic rings. The lowest BCUT2D eigenvalue weighted by molar-refractivity contribution is -0.146. The molecule has 27 heavy (non-hydrogen) atoms. The summed E-state index contributed by atoms with van der Waals surface area (Å²) in [7, 11) is -3.89. The molecule has 2 aromatic rings. The zero-order valence-electron chi connectivity index (χ0n) is 14.8. The number of ether oxygens (including phenoxy) is 1. The van der Waals surface area contributed by atoms with Crippen molar-refractivity contribution in [3.05, 3.63) is 59.4 Å². The van der Waals surface area contributed by atoms with Crippen LogP contribution < -0.4 is 10.0 Å². The Labute approximate surface area is 156 Å². The highest BCUT2D eigenvalue weighted by Gasteiger charge is 2.19. The highest BCUT2D eigenvalue weighted by atomic mass is 32.2. The molecule has 1 amide bonds. The Morgan fingerprint density at radius 3 is 2.41 bits per heavy atom. The quantitative estimate of drug-likeness (QED) is 0.699. The molecule has 0 radical (unpaired) electrons. The first-order valence-electron chi connectivity index (χ1n) is 7.95. The molecule has 9 heteroatoms. The lowest BCUT2D eigenvalue weighted by Crippen LogP contribution is -2.32. The van der Waals surface area contributed by atoms with Gasteiger partial charge in [0.1, 0.15) is 12.4 Å². The molecule has 2 rings (SSSR count). The van der Waals surface area contributed by atoms with E-state index in [0.717, 1.165) is 5.56 Å². The number of amides is 1. The maximum atomic E-state index is 12.8. The Bertz CT molecular complexity index is 943. The third-order valence-electron chi connectivity index (χ3n) is 3.53. The summed E-state index contributed by atoms with van der Waals surface area (Å²) in [6.45, 7) is 2.19. The van der Waals surface area contributed by atoms with Crippen LogP contribution >= 0.6 is 0 Å². The zero-order chi connectivity index (χ0) is 20.0. The number of nitrogens with one attached hydrogen (secondary N) is 2. The van der Waals surface area contributed by atoms with Crippen LogP contribution in [0.25, 0.3) is 0 Å². The maximum Gasteiger partial charge on any atom is 0.321 e. The summed E-state index contributed by atoms with van der Waals surface area (Å²) in [5.74, 6) is -1.99. The van der Waals surface area contributed by atoms with Gasteiger partial charge in [0, 0.05) is 5.69 Å². The molecular formula is C18H19FN2O5S. The molecule has 0 unspecified atom stereocenters. The molecular weight excluding hydrogens is 375 g/mol. The maximum absolute atomic E-state index is 12.8. The van der Waals surface area contributed by atoms with Crippen LogP contribution in [-0.2, 0) is 24.3 Å². The first kappa shape index (κ1) is 20.5. The molecule has 0 aromatic heterocycles. The highest BCUT2D eigenvalue weighted by Crippen LogP contribution is 2.16. The van der Waals surface area contributed by atoms with Gasteiger partial charge in [-0.05, 0) is 55.3 Å². The van der Waals surface area contributed by atoms with Crippen molar-refractivity contribution < 1.29 is 27.1 Å². The molecule has 0 saturated heterocycles. The van der Waals surface area contributed by atoms with Crippen LogP contribution in [0.1, 0.15) is 11.1 Å². The minimum Gasteiger partial charge on any atom is -0.455 e. The zero-order valence-corrected chi connectivity index (χ0v) is 15.6. The number of hydrogen-bond acceptors (Lipinski definition) is 5. The number of esters is 1. The van der Waals surface area contributed by atoms with E-state index in [1.807, 2.05) is 0 Å². The van der Waals surface area contributed by atoms with Crippen LogP contribution in [0.2, 0.25) is 0 Å². The van der Waals surface area contributed by atoms with E-state index < -0.39 is 40.9 Å². The van der Waals surface area contributed by atoms with Crippen molar-refractivity contribution in [1.82, 2.24) is 4.72 Å². The molecule has 0 atom stereocenters. The number of carbonyl (C=O) groups is 2. The molecule has 2 aromatic carbocycles. The van der Waals surface area contributed by atoms with Gasteiger partial charge >= 0.3 is 5.97 Å². The molecule has 0 aliphatic heterocycles. The van der Waals surface area contributed by atoms with Crippen molar-refractivity contribution in [3.8, 4) is 0 Å². The largest absolute Gasteiger partial charge is 0.455 e. The average Bonchev–Trinajstić information content (AvgIpc) is 2.62. The van der Waals surface area contributed by atoms with Crippen LogP contribution in [0.5, 0.6) is 0 Å². The minimum atomic E-state index is -3.89. The predicted octanol–water partition coefficient (Wildman–Crippen LogP) is 1.90. The van der Waals surface area contributed by atoms with Gasteiger partial charge in [0.05, 0.1) is 4.90 Å². The van der Waals surface area contributed by atoms with Gasteiger partial charge in [-0.25, -0.2) is 12.8 Å². The fourth-order valence-electron chi connectivity index (χ4n) is 2.16. The van der Waals surface area contributed by atoms with Gasteiger partial charge < -0.3 is 10.1 Å². The van der Waals surface area contributed by atoms with Gasteiger partial charge in [-0.1, -0.05) is 12.1 Å². The van der Waals surface area contributed by atoms with E-state index in [0.29, 0.717) is 11.3 Å². The number of sulfonamides is 1. The van der Waals surface area contributed by atoms with Crippen molar-refractivity contribution in [1.29, 1.82) is 0 Å². The van der Waals surface area contributed by atoms with Crippen LogP contribution in [0.15, 0.2) is 47.4 Å². The van der Waals surface area contributed by atoms with E-state index in [-0.39, 0.29) is 4.90 Å². The van der Waals surface area contributed by atoms with Crippen molar-refractivity contribution in [2.45, 2.75) is 18.7 Å². The Morgan fingerprint density at radius 1 is 1.07 bits per heavy atom. The molecule has 0 saturated carbocycles. The predicted molar refractivity (Wildman–Crippen MR) is 97.1 cm³/mol. The number of aryl methyl sites for hydroxylation is 2. The van der Waals surface area contributed by atoms with E-state index >= 15 is 0 Å². The SMILES string of the molecule is Cc1ccc(C)c(S(=O)(=O)NCC(=O)OCC(=O)Nc2ccc(F)cc2)c1. The van der Waals surface area contributed by atoms with Crippen LogP contribution in [0.3, 0.4) is 0 Å². The van der Waals surface area contributed by atoms with Gasteiger partial charge in [0.25, 0.3) is 5.91 Å². The number of carbonyl (C=O) groups excluding carboxylic acids is 2. The van der Waals surface area contributed by atoms with Gasteiger partial charge in [0.15, 0.2) is 6.61 Å². The second-order valence-corrected chi connectivity index (χ2v) is 7.54. The van der Waals surface area contributed by atoms with Crippen LogP contribution in [0, 0.1) is 19.7 Å². The molecule has 0 aliphatic carbocycles. The number of hydrogen-bond donors (Lipinski definition) is 2. The lowest BCUT2D eigenvalue weighted by Gasteiger charge is -2.10. The Balaban J connectivity index is 1.84. The monoisotopic (exact) mass is 394 g/mol.